The number of imide groups is 2. The van der Waals surface area contributed by atoms with E-state index in [2.05, 4.69) is 15.5 Å². The Morgan fingerprint density at radius 1 is 0.939 bits per heavy atom. The summed E-state index contributed by atoms with van der Waals surface area (Å²) < 4.78 is 0. The molecule has 0 spiro atoms. The number of anilines is 1. The van der Waals surface area contributed by atoms with Crippen molar-refractivity contribution < 1.29 is 19.5 Å². The molecule has 0 saturated carbocycles. The van der Waals surface area contributed by atoms with Gasteiger partial charge in [-0.05, 0) is 61.0 Å². The second-order valence-electron chi connectivity index (χ2n) is 7.17. The minimum Gasteiger partial charge on any atom is -0.507 e. The fraction of sp³-hybridized carbons (Fsp3) is 0.0417. The Morgan fingerprint density at radius 2 is 1.67 bits per heavy atom. The van der Waals surface area contributed by atoms with E-state index in [1.807, 2.05) is 18.2 Å². The van der Waals surface area contributed by atoms with Gasteiger partial charge in [-0.15, -0.1) is 0 Å². The predicted molar refractivity (Wildman–Crippen MR) is 124 cm³/mol. The number of aromatic hydroxyl groups is 1. The number of rotatable bonds is 4. The van der Waals surface area contributed by atoms with Crippen molar-refractivity contribution in [2.45, 2.75) is 6.92 Å². The number of aryl methyl sites for hydroxylation is 1. The van der Waals surface area contributed by atoms with Crippen molar-refractivity contribution in [2.24, 2.45) is 10.2 Å². The van der Waals surface area contributed by atoms with Gasteiger partial charge in [0.2, 0.25) is 0 Å². The molecule has 1 heterocycles. The lowest BCUT2D eigenvalue weighted by Gasteiger charge is -2.26. The molecule has 0 aliphatic carbocycles. The topological polar surface area (TPSA) is 111 Å². The molecule has 9 heteroatoms. The van der Waals surface area contributed by atoms with Crippen molar-refractivity contribution in [3.8, 4) is 5.75 Å². The number of urea groups is 1. The number of benzene rings is 3. The molecule has 0 aromatic heterocycles. The van der Waals surface area contributed by atoms with E-state index in [1.165, 1.54) is 30.3 Å². The third kappa shape index (κ3) is 4.65. The van der Waals surface area contributed by atoms with Crippen LogP contribution in [0.15, 0.2) is 82.5 Å². The van der Waals surface area contributed by atoms with E-state index < -0.39 is 17.8 Å². The summed E-state index contributed by atoms with van der Waals surface area (Å²) in [6, 6.07) is 17.2. The average molecular weight is 461 g/mol. The number of hydrogen-bond donors (Lipinski definition) is 2. The van der Waals surface area contributed by atoms with Gasteiger partial charge in [0.05, 0.1) is 17.1 Å². The van der Waals surface area contributed by atoms with Gasteiger partial charge in [-0.3, -0.25) is 14.9 Å². The number of phenols is 1. The van der Waals surface area contributed by atoms with Crippen molar-refractivity contribution in [3.05, 3.63) is 88.5 Å². The molecule has 3 aromatic carbocycles. The summed E-state index contributed by atoms with van der Waals surface area (Å²) in [6.07, 6.45) is 1.20. The minimum absolute atomic E-state index is 0.161. The van der Waals surface area contributed by atoms with Gasteiger partial charge in [0.15, 0.2) is 0 Å². The smallest absolute Gasteiger partial charge is 0.335 e. The summed E-state index contributed by atoms with van der Waals surface area (Å²) >= 11 is 6.13. The van der Waals surface area contributed by atoms with Gasteiger partial charge in [0, 0.05) is 10.6 Å². The molecule has 3 aromatic rings. The van der Waals surface area contributed by atoms with E-state index in [-0.39, 0.29) is 22.6 Å². The Balaban J connectivity index is 1.69. The molecule has 33 heavy (non-hydrogen) atoms. The number of carbonyl (C=O) groups is 3. The maximum atomic E-state index is 13.1. The highest BCUT2D eigenvalue weighted by atomic mass is 35.5. The number of nitrogens with one attached hydrogen (secondary N) is 1. The maximum absolute atomic E-state index is 13.1. The summed E-state index contributed by atoms with van der Waals surface area (Å²) in [7, 11) is 0. The van der Waals surface area contributed by atoms with E-state index >= 15 is 0 Å². The largest absolute Gasteiger partial charge is 0.507 e. The van der Waals surface area contributed by atoms with Gasteiger partial charge in [-0.1, -0.05) is 35.9 Å². The number of nitrogens with zero attached hydrogens (tertiary/aromatic N) is 3. The second kappa shape index (κ2) is 9.05. The minimum atomic E-state index is -0.892. The van der Waals surface area contributed by atoms with E-state index in [1.54, 1.807) is 31.2 Å². The molecule has 0 atom stereocenters. The van der Waals surface area contributed by atoms with Crippen LogP contribution in [0.3, 0.4) is 0 Å². The monoisotopic (exact) mass is 460 g/mol. The predicted octanol–water partition coefficient (Wildman–Crippen LogP) is 5.44. The van der Waals surface area contributed by atoms with E-state index in [0.717, 1.165) is 10.5 Å². The quantitative estimate of drug-likeness (QED) is 0.307. The zero-order valence-corrected chi connectivity index (χ0v) is 18.1. The van der Waals surface area contributed by atoms with Crippen LogP contribution in [0.2, 0.25) is 5.02 Å². The zero-order chi connectivity index (χ0) is 23.5. The fourth-order valence-corrected chi connectivity index (χ4v) is 3.27. The van der Waals surface area contributed by atoms with E-state index in [0.29, 0.717) is 16.4 Å². The number of azo groups is 1. The highest BCUT2D eigenvalue weighted by Gasteiger charge is 2.37. The van der Waals surface area contributed by atoms with Gasteiger partial charge >= 0.3 is 6.03 Å². The molecule has 4 rings (SSSR count). The first-order valence-electron chi connectivity index (χ1n) is 9.81. The second-order valence-corrected chi connectivity index (χ2v) is 7.58. The lowest BCUT2D eigenvalue weighted by atomic mass is 10.1. The molecular formula is C24H17ClN4O4. The van der Waals surface area contributed by atoms with Crippen molar-refractivity contribution in [2.75, 3.05) is 4.90 Å². The number of barbiturate groups is 1. The molecule has 1 aliphatic rings. The first-order valence-corrected chi connectivity index (χ1v) is 10.2. The van der Waals surface area contributed by atoms with Gasteiger partial charge in [-0.25, -0.2) is 9.69 Å². The summed E-state index contributed by atoms with van der Waals surface area (Å²) in [4.78, 5) is 38.7. The first-order chi connectivity index (χ1) is 15.8. The third-order valence-corrected chi connectivity index (χ3v) is 5.27. The van der Waals surface area contributed by atoms with Crippen molar-refractivity contribution in [1.29, 1.82) is 0 Å². The number of hydrogen-bond acceptors (Lipinski definition) is 6. The summed E-state index contributed by atoms with van der Waals surface area (Å²) in [5.74, 6) is -1.90. The molecule has 8 nitrogen and oxygen atoms in total. The Kier molecular flexibility index (Phi) is 6.01. The van der Waals surface area contributed by atoms with Crippen LogP contribution in [0.5, 0.6) is 5.75 Å². The molecule has 1 fully saturated rings. The van der Waals surface area contributed by atoms with Crippen LogP contribution in [-0.2, 0) is 9.59 Å². The summed E-state index contributed by atoms with van der Waals surface area (Å²) in [5, 5.41) is 21.0. The van der Waals surface area contributed by atoms with Crippen molar-refractivity contribution in [3.63, 3.8) is 0 Å². The van der Waals surface area contributed by atoms with Gasteiger partial charge < -0.3 is 5.11 Å². The molecule has 2 N–H and O–H groups in total. The van der Waals surface area contributed by atoms with Crippen molar-refractivity contribution in [1.82, 2.24) is 5.32 Å². The molecule has 1 saturated heterocycles. The molecule has 0 bridgehead atoms. The van der Waals surface area contributed by atoms with Crippen molar-refractivity contribution >= 4 is 52.6 Å². The van der Waals surface area contributed by atoms with Crippen LogP contribution in [-0.4, -0.2) is 23.0 Å². The normalized spacial score (nSPS) is 15.4. The van der Waals surface area contributed by atoms with E-state index in [4.69, 9.17) is 11.6 Å². The molecule has 0 unspecified atom stereocenters. The maximum Gasteiger partial charge on any atom is 0.335 e. The Labute approximate surface area is 193 Å². The number of phenolic OH excluding ortho intramolecular Hbond substituents is 1. The zero-order valence-electron chi connectivity index (χ0n) is 17.3. The van der Waals surface area contributed by atoms with Gasteiger partial charge in [0.1, 0.15) is 11.3 Å². The first kappa shape index (κ1) is 21.9. The summed E-state index contributed by atoms with van der Waals surface area (Å²) in [5.41, 5.74) is 1.83. The lowest BCUT2D eigenvalue weighted by Crippen LogP contribution is -2.54. The standard InChI is InChI=1S/C24H17ClN4O4/c1-14-7-9-18(13-20(14)25)29-23(32)19(22(31)26-24(29)33)12-15-11-17(8-10-21(15)30)28-27-16-5-3-2-4-6-16/h2-13,30H,1H3,(H,26,31,33)/b19-12-,28-27?. The molecule has 0 radical (unpaired) electrons. The van der Waals surface area contributed by atoms with Crippen LogP contribution in [0, 0.1) is 6.92 Å². The lowest BCUT2D eigenvalue weighted by molar-refractivity contribution is -0.122. The Bertz CT molecular complexity index is 1340. The third-order valence-electron chi connectivity index (χ3n) is 4.86. The highest BCUT2D eigenvalue weighted by Crippen LogP contribution is 2.30. The Morgan fingerprint density at radius 3 is 2.39 bits per heavy atom. The van der Waals surface area contributed by atoms with E-state index in [9.17, 15) is 19.5 Å². The van der Waals surface area contributed by atoms with Gasteiger partial charge in [0.25, 0.3) is 11.8 Å². The number of halogens is 1. The Hall–Kier alpha value is -4.30. The van der Waals surface area contributed by atoms with Crippen LogP contribution in [0.25, 0.3) is 6.08 Å². The average Bonchev–Trinajstić information content (AvgIpc) is 2.79. The fourth-order valence-electron chi connectivity index (χ4n) is 3.10. The van der Waals surface area contributed by atoms with Crippen LogP contribution >= 0.6 is 11.6 Å². The number of carbonyl (C=O) groups excluding carboxylic acids is 3. The SMILES string of the molecule is Cc1ccc(N2C(=O)NC(=O)/C(=C/c3cc(N=Nc4ccccc4)ccc3O)C2=O)cc1Cl. The molecule has 4 amide bonds. The van der Waals surface area contributed by atoms with Crippen LogP contribution < -0.4 is 10.2 Å². The number of amides is 4. The van der Waals surface area contributed by atoms with Crippen LogP contribution in [0.1, 0.15) is 11.1 Å². The molecular weight excluding hydrogens is 444 g/mol. The summed E-state index contributed by atoms with van der Waals surface area (Å²) in [6.45, 7) is 1.78. The molecule has 164 valence electrons. The van der Waals surface area contributed by atoms with Gasteiger partial charge in [-0.2, -0.15) is 10.2 Å². The molecule has 1 aliphatic heterocycles. The highest BCUT2D eigenvalue weighted by molar-refractivity contribution is 6.39. The van der Waals surface area contributed by atoms with Crippen LogP contribution in [0.4, 0.5) is 21.9 Å².